The molecule has 0 aliphatic heterocycles. The summed E-state index contributed by atoms with van der Waals surface area (Å²) in [7, 11) is 1.55. The van der Waals surface area contributed by atoms with E-state index in [9.17, 15) is 14.9 Å². The maximum Gasteiger partial charge on any atom is 0.266 e. The van der Waals surface area contributed by atoms with Crippen LogP contribution in [0.25, 0.3) is 6.08 Å². The number of nitrogens with one attached hydrogen (secondary N) is 2. The monoisotopic (exact) mass is 499 g/mol. The number of amides is 2. The zero-order valence-corrected chi connectivity index (χ0v) is 21.3. The normalized spacial score (nSPS) is 10.7. The molecular weight excluding hydrogens is 470 g/mol. The Morgan fingerprint density at radius 2 is 1.70 bits per heavy atom. The summed E-state index contributed by atoms with van der Waals surface area (Å²) in [6.07, 6.45) is 1.46. The molecule has 0 spiro atoms. The number of anilines is 2. The summed E-state index contributed by atoms with van der Waals surface area (Å²) >= 11 is 0. The van der Waals surface area contributed by atoms with Gasteiger partial charge in [0, 0.05) is 11.4 Å². The highest BCUT2D eigenvalue weighted by Gasteiger charge is 2.13. The summed E-state index contributed by atoms with van der Waals surface area (Å²) in [5.74, 6) is 0.568. The fourth-order valence-electron chi connectivity index (χ4n) is 3.39. The first kappa shape index (κ1) is 26.8. The Kier molecular flexibility index (Phi) is 9.28. The SMILES string of the molecule is CCOc1cc(/C=C(/C#N)C(=O)Nc2ccc(OC)cc2)ccc1OCC(=O)Nc1cc(C)ccc1C. The van der Waals surface area contributed by atoms with Gasteiger partial charge in [-0.2, -0.15) is 5.26 Å². The maximum absolute atomic E-state index is 12.6. The molecule has 0 atom stereocenters. The minimum atomic E-state index is -0.547. The lowest BCUT2D eigenvalue weighted by Gasteiger charge is -2.14. The van der Waals surface area contributed by atoms with E-state index in [0.29, 0.717) is 35.1 Å². The molecule has 2 amide bonds. The number of nitrogens with zero attached hydrogens (tertiary/aromatic N) is 1. The van der Waals surface area contributed by atoms with Crippen molar-refractivity contribution < 1.29 is 23.8 Å². The predicted octanol–water partition coefficient (Wildman–Crippen LogP) is 5.27. The lowest BCUT2D eigenvalue weighted by atomic mass is 10.1. The van der Waals surface area contributed by atoms with Crippen LogP contribution in [0.1, 0.15) is 23.6 Å². The van der Waals surface area contributed by atoms with Gasteiger partial charge in [-0.05, 0) is 86.0 Å². The van der Waals surface area contributed by atoms with E-state index in [1.807, 2.05) is 45.0 Å². The van der Waals surface area contributed by atoms with Gasteiger partial charge in [0.05, 0.1) is 13.7 Å². The molecule has 0 saturated carbocycles. The first-order chi connectivity index (χ1) is 17.8. The minimum absolute atomic E-state index is 0.0835. The van der Waals surface area contributed by atoms with Crippen molar-refractivity contribution in [1.82, 2.24) is 0 Å². The van der Waals surface area contributed by atoms with Crippen molar-refractivity contribution in [2.45, 2.75) is 20.8 Å². The molecular formula is C29H29N3O5. The molecule has 37 heavy (non-hydrogen) atoms. The Morgan fingerprint density at radius 3 is 2.38 bits per heavy atom. The van der Waals surface area contributed by atoms with Crippen molar-refractivity contribution in [1.29, 1.82) is 5.26 Å². The van der Waals surface area contributed by atoms with Crippen LogP contribution in [0, 0.1) is 25.2 Å². The average Bonchev–Trinajstić information content (AvgIpc) is 2.89. The minimum Gasteiger partial charge on any atom is -0.497 e. The van der Waals surface area contributed by atoms with Gasteiger partial charge in [0.15, 0.2) is 18.1 Å². The van der Waals surface area contributed by atoms with Crippen molar-refractivity contribution in [3.8, 4) is 23.3 Å². The van der Waals surface area contributed by atoms with Crippen LogP contribution in [0.4, 0.5) is 11.4 Å². The zero-order chi connectivity index (χ0) is 26.8. The van der Waals surface area contributed by atoms with Crippen LogP contribution in [0.3, 0.4) is 0 Å². The Hall–Kier alpha value is -4.77. The van der Waals surface area contributed by atoms with E-state index >= 15 is 0 Å². The molecule has 8 nitrogen and oxygen atoms in total. The molecule has 3 rings (SSSR count). The first-order valence-corrected chi connectivity index (χ1v) is 11.7. The van der Waals surface area contributed by atoms with E-state index in [-0.39, 0.29) is 18.1 Å². The Morgan fingerprint density at radius 1 is 0.946 bits per heavy atom. The van der Waals surface area contributed by atoms with Crippen LogP contribution in [0.2, 0.25) is 0 Å². The molecule has 0 bridgehead atoms. The molecule has 0 fully saturated rings. The molecule has 0 saturated heterocycles. The van der Waals surface area contributed by atoms with Crippen molar-refractivity contribution >= 4 is 29.3 Å². The fraction of sp³-hybridized carbons (Fsp3) is 0.207. The van der Waals surface area contributed by atoms with E-state index in [4.69, 9.17) is 14.2 Å². The second-order valence-corrected chi connectivity index (χ2v) is 8.15. The summed E-state index contributed by atoms with van der Waals surface area (Å²) in [6.45, 7) is 5.85. The van der Waals surface area contributed by atoms with Gasteiger partial charge in [-0.15, -0.1) is 0 Å². The van der Waals surface area contributed by atoms with Crippen molar-refractivity contribution in [2.24, 2.45) is 0 Å². The van der Waals surface area contributed by atoms with E-state index in [1.165, 1.54) is 6.08 Å². The summed E-state index contributed by atoms with van der Waals surface area (Å²) in [4.78, 5) is 25.1. The van der Waals surface area contributed by atoms with Crippen LogP contribution < -0.4 is 24.8 Å². The summed E-state index contributed by atoms with van der Waals surface area (Å²) in [6, 6.07) is 19.5. The van der Waals surface area contributed by atoms with Gasteiger partial charge in [0.25, 0.3) is 11.8 Å². The van der Waals surface area contributed by atoms with E-state index in [1.54, 1.807) is 49.6 Å². The topological polar surface area (TPSA) is 110 Å². The molecule has 3 aromatic carbocycles. The second-order valence-electron chi connectivity index (χ2n) is 8.15. The van der Waals surface area contributed by atoms with Crippen LogP contribution in [-0.2, 0) is 9.59 Å². The quantitative estimate of drug-likeness (QED) is 0.290. The largest absolute Gasteiger partial charge is 0.497 e. The highest BCUT2D eigenvalue weighted by atomic mass is 16.5. The van der Waals surface area contributed by atoms with Crippen LogP contribution in [-0.4, -0.2) is 32.1 Å². The van der Waals surface area contributed by atoms with Gasteiger partial charge in [-0.1, -0.05) is 18.2 Å². The summed E-state index contributed by atoms with van der Waals surface area (Å²) in [5.41, 5.74) is 3.74. The van der Waals surface area contributed by atoms with Crippen LogP contribution >= 0.6 is 0 Å². The summed E-state index contributed by atoms with van der Waals surface area (Å²) in [5, 5.41) is 15.1. The average molecular weight is 500 g/mol. The number of carbonyl (C=O) groups excluding carboxylic acids is 2. The lowest BCUT2D eigenvalue weighted by Crippen LogP contribution is -2.21. The Labute approximate surface area is 216 Å². The molecule has 8 heteroatoms. The third-order valence-corrected chi connectivity index (χ3v) is 5.32. The van der Waals surface area contributed by atoms with Crippen LogP contribution in [0.15, 0.2) is 66.2 Å². The number of methoxy groups -OCH3 is 1. The molecule has 0 heterocycles. The molecule has 0 radical (unpaired) electrons. The number of nitriles is 1. The van der Waals surface area contributed by atoms with Gasteiger partial charge in [0.2, 0.25) is 0 Å². The highest BCUT2D eigenvalue weighted by molar-refractivity contribution is 6.09. The van der Waals surface area contributed by atoms with Gasteiger partial charge in [-0.25, -0.2) is 0 Å². The number of rotatable bonds is 10. The smallest absolute Gasteiger partial charge is 0.266 e. The van der Waals surface area contributed by atoms with Gasteiger partial charge < -0.3 is 24.8 Å². The molecule has 2 N–H and O–H groups in total. The lowest BCUT2D eigenvalue weighted by molar-refractivity contribution is -0.118. The van der Waals surface area contributed by atoms with Crippen molar-refractivity contribution in [3.63, 3.8) is 0 Å². The van der Waals surface area contributed by atoms with Gasteiger partial charge >= 0.3 is 0 Å². The predicted molar refractivity (Wildman–Crippen MR) is 143 cm³/mol. The Balaban J connectivity index is 1.71. The Bertz CT molecular complexity index is 1340. The number of aryl methyl sites for hydroxylation is 2. The van der Waals surface area contributed by atoms with Gasteiger partial charge in [-0.3, -0.25) is 9.59 Å². The number of hydrogen-bond acceptors (Lipinski definition) is 6. The summed E-state index contributed by atoms with van der Waals surface area (Å²) < 4.78 is 16.5. The molecule has 0 aromatic heterocycles. The molecule has 190 valence electrons. The molecule has 0 unspecified atom stereocenters. The zero-order valence-electron chi connectivity index (χ0n) is 21.3. The van der Waals surface area contributed by atoms with Crippen LogP contribution in [0.5, 0.6) is 17.2 Å². The van der Waals surface area contributed by atoms with E-state index in [0.717, 1.165) is 16.8 Å². The first-order valence-electron chi connectivity index (χ1n) is 11.7. The number of hydrogen-bond donors (Lipinski definition) is 2. The standard InChI is InChI=1S/C29H29N3O5/c1-5-36-27-16-21(15-22(17-30)29(34)31-23-9-11-24(35-4)12-10-23)8-13-26(27)37-18-28(33)32-25-14-19(2)6-7-20(25)3/h6-16H,5,18H2,1-4H3,(H,31,34)(H,32,33)/b22-15-. The van der Waals surface area contributed by atoms with E-state index < -0.39 is 5.91 Å². The maximum atomic E-state index is 12.6. The van der Waals surface area contributed by atoms with Gasteiger partial charge in [0.1, 0.15) is 17.4 Å². The third-order valence-electron chi connectivity index (χ3n) is 5.32. The second kappa shape index (κ2) is 12.8. The van der Waals surface area contributed by atoms with Crippen molar-refractivity contribution in [2.75, 3.05) is 31.0 Å². The molecule has 0 aliphatic carbocycles. The number of benzene rings is 3. The fourth-order valence-corrected chi connectivity index (χ4v) is 3.39. The number of ether oxygens (including phenoxy) is 3. The highest BCUT2D eigenvalue weighted by Crippen LogP contribution is 2.30. The third kappa shape index (κ3) is 7.61. The van der Waals surface area contributed by atoms with Crippen molar-refractivity contribution in [3.05, 3.63) is 82.9 Å². The van der Waals surface area contributed by atoms with E-state index in [2.05, 4.69) is 10.6 Å². The number of carbonyl (C=O) groups is 2. The molecule has 3 aromatic rings. The molecule has 0 aliphatic rings.